The standard InChI is InChI=1S/C13H10FN/c14-11-7-3-6-9-8-4-1-2-5-10(8)13(15)12(9)11/h1-7,13H,15H2. The van der Waals surface area contributed by atoms with Crippen LogP contribution in [-0.2, 0) is 0 Å². The zero-order valence-corrected chi connectivity index (χ0v) is 8.07. The first-order valence-electron chi connectivity index (χ1n) is 4.92. The van der Waals surface area contributed by atoms with E-state index in [9.17, 15) is 4.39 Å². The second kappa shape index (κ2) is 2.91. The SMILES string of the molecule is NC1c2ccccc2-c2cccc(F)c21. The van der Waals surface area contributed by atoms with E-state index in [2.05, 4.69) is 0 Å². The van der Waals surface area contributed by atoms with Gasteiger partial charge in [-0.1, -0.05) is 36.4 Å². The fourth-order valence-electron chi connectivity index (χ4n) is 2.26. The van der Waals surface area contributed by atoms with Gasteiger partial charge in [0, 0.05) is 5.56 Å². The van der Waals surface area contributed by atoms with Gasteiger partial charge in [0.05, 0.1) is 6.04 Å². The van der Waals surface area contributed by atoms with E-state index in [0.717, 1.165) is 16.7 Å². The Morgan fingerprint density at radius 1 is 0.933 bits per heavy atom. The molecule has 3 rings (SSSR count). The van der Waals surface area contributed by atoms with Crippen molar-refractivity contribution in [1.29, 1.82) is 0 Å². The molecule has 1 aliphatic rings. The number of nitrogens with two attached hydrogens (primary N) is 1. The molecule has 1 aliphatic carbocycles. The Bertz CT molecular complexity index is 534. The first kappa shape index (κ1) is 8.62. The van der Waals surface area contributed by atoms with Crippen molar-refractivity contribution in [1.82, 2.24) is 0 Å². The Kier molecular flexibility index (Phi) is 1.67. The van der Waals surface area contributed by atoms with Crippen LogP contribution >= 0.6 is 0 Å². The van der Waals surface area contributed by atoms with Crippen LogP contribution in [0, 0.1) is 5.82 Å². The number of rotatable bonds is 0. The Morgan fingerprint density at radius 2 is 1.67 bits per heavy atom. The Balaban J connectivity index is 2.37. The van der Waals surface area contributed by atoms with E-state index in [-0.39, 0.29) is 11.9 Å². The summed E-state index contributed by atoms with van der Waals surface area (Å²) < 4.78 is 13.6. The quantitative estimate of drug-likeness (QED) is 0.693. The summed E-state index contributed by atoms with van der Waals surface area (Å²) in [5.41, 5.74) is 9.64. The van der Waals surface area contributed by atoms with Crippen molar-refractivity contribution in [3.8, 4) is 11.1 Å². The lowest BCUT2D eigenvalue weighted by Gasteiger charge is -2.06. The highest BCUT2D eigenvalue weighted by Crippen LogP contribution is 2.42. The van der Waals surface area contributed by atoms with E-state index < -0.39 is 0 Å². The van der Waals surface area contributed by atoms with Gasteiger partial charge in [-0.2, -0.15) is 0 Å². The third-order valence-electron chi connectivity index (χ3n) is 2.95. The number of halogens is 1. The fourth-order valence-corrected chi connectivity index (χ4v) is 2.26. The molecule has 2 heteroatoms. The molecule has 1 atom stereocenters. The largest absolute Gasteiger partial charge is 0.320 e. The number of hydrogen-bond donors (Lipinski definition) is 1. The van der Waals surface area contributed by atoms with E-state index in [1.54, 1.807) is 6.07 Å². The number of fused-ring (bicyclic) bond motifs is 3. The van der Waals surface area contributed by atoms with Gasteiger partial charge in [-0.25, -0.2) is 4.39 Å². The second-order valence-corrected chi connectivity index (χ2v) is 3.77. The third kappa shape index (κ3) is 1.05. The normalized spacial score (nSPS) is 17.3. The Labute approximate surface area is 87.4 Å². The molecule has 1 unspecified atom stereocenters. The van der Waals surface area contributed by atoms with E-state index in [0.29, 0.717) is 5.56 Å². The van der Waals surface area contributed by atoms with Crippen LogP contribution in [0.3, 0.4) is 0 Å². The van der Waals surface area contributed by atoms with Crippen molar-refractivity contribution in [2.45, 2.75) is 6.04 Å². The van der Waals surface area contributed by atoms with Crippen molar-refractivity contribution in [2.75, 3.05) is 0 Å². The predicted octanol–water partition coefficient (Wildman–Crippen LogP) is 2.85. The van der Waals surface area contributed by atoms with Gasteiger partial charge in [0.2, 0.25) is 0 Å². The van der Waals surface area contributed by atoms with Crippen LogP contribution in [0.15, 0.2) is 42.5 Å². The molecule has 0 saturated heterocycles. The summed E-state index contributed by atoms with van der Waals surface area (Å²) in [4.78, 5) is 0. The zero-order chi connectivity index (χ0) is 10.4. The maximum Gasteiger partial charge on any atom is 0.128 e. The fraction of sp³-hybridized carbons (Fsp3) is 0.0769. The summed E-state index contributed by atoms with van der Waals surface area (Å²) in [6.07, 6.45) is 0. The molecule has 74 valence electrons. The maximum atomic E-state index is 13.6. The van der Waals surface area contributed by atoms with Crippen LogP contribution in [0.2, 0.25) is 0 Å². The van der Waals surface area contributed by atoms with E-state index >= 15 is 0 Å². The molecular weight excluding hydrogens is 189 g/mol. The summed E-state index contributed by atoms with van der Waals surface area (Å²) in [6.45, 7) is 0. The topological polar surface area (TPSA) is 26.0 Å². The van der Waals surface area contributed by atoms with Crippen LogP contribution in [-0.4, -0.2) is 0 Å². The molecule has 15 heavy (non-hydrogen) atoms. The molecule has 0 bridgehead atoms. The van der Waals surface area contributed by atoms with Gasteiger partial charge < -0.3 is 5.73 Å². The summed E-state index contributed by atoms with van der Waals surface area (Å²) >= 11 is 0. The molecule has 0 heterocycles. The molecular formula is C13H10FN. The summed E-state index contributed by atoms with van der Waals surface area (Å²) in [5.74, 6) is -0.212. The summed E-state index contributed by atoms with van der Waals surface area (Å²) in [7, 11) is 0. The van der Waals surface area contributed by atoms with Crippen molar-refractivity contribution >= 4 is 0 Å². The molecule has 0 aliphatic heterocycles. The lowest BCUT2D eigenvalue weighted by Crippen LogP contribution is -2.09. The third-order valence-corrected chi connectivity index (χ3v) is 2.95. The molecule has 0 radical (unpaired) electrons. The van der Waals surface area contributed by atoms with Crippen molar-refractivity contribution < 1.29 is 4.39 Å². The molecule has 2 aromatic carbocycles. The molecule has 0 saturated carbocycles. The molecule has 0 fully saturated rings. The van der Waals surface area contributed by atoms with Gasteiger partial charge in [0.25, 0.3) is 0 Å². The Morgan fingerprint density at radius 3 is 2.53 bits per heavy atom. The van der Waals surface area contributed by atoms with Crippen molar-refractivity contribution in [3.05, 3.63) is 59.4 Å². The minimum Gasteiger partial charge on any atom is -0.320 e. The van der Waals surface area contributed by atoms with Crippen LogP contribution in [0.25, 0.3) is 11.1 Å². The van der Waals surface area contributed by atoms with Crippen molar-refractivity contribution in [3.63, 3.8) is 0 Å². The molecule has 2 N–H and O–H groups in total. The first-order chi connectivity index (χ1) is 7.29. The highest BCUT2D eigenvalue weighted by Gasteiger charge is 2.27. The van der Waals surface area contributed by atoms with Crippen LogP contribution in [0.4, 0.5) is 4.39 Å². The average Bonchev–Trinajstić information content (AvgIpc) is 2.55. The lowest BCUT2D eigenvalue weighted by atomic mass is 10.1. The first-order valence-corrected chi connectivity index (χ1v) is 4.92. The highest BCUT2D eigenvalue weighted by molar-refractivity contribution is 5.78. The van der Waals surface area contributed by atoms with Crippen LogP contribution in [0.1, 0.15) is 17.2 Å². The maximum absolute atomic E-state index is 13.6. The molecule has 0 spiro atoms. The lowest BCUT2D eigenvalue weighted by molar-refractivity contribution is 0.604. The number of benzene rings is 2. The van der Waals surface area contributed by atoms with Crippen LogP contribution in [0.5, 0.6) is 0 Å². The second-order valence-electron chi connectivity index (χ2n) is 3.77. The van der Waals surface area contributed by atoms with Crippen molar-refractivity contribution in [2.24, 2.45) is 5.73 Å². The molecule has 0 amide bonds. The number of hydrogen-bond acceptors (Lipinski definition) is 1. The minimum atomic E-state index is -0.322. The van der Waals surface area contributed by atoms with E-state index in [4.69, 9.17) is 5.73 Å². The highest BCUT2D eigenvalue weighted by atomic mass is 19.1. The zero-order valence-electron chi connectivity index (χ0n) is 8.07. The van der Waals surface area contributed by atoms with Gasteiger partial charge in [-0.05, 0) is 22.8 Å². The summed E-state index contributed by atoms with van der Waals surface area (Å²) in [6, 6.07) is 12.6. The minimum absolute atomic E-state index is 0.212. The monoisotopic (exact) mass is 199 g/mol. The molecule has 1 nitrogen and oxygen atoms in total. The molecule has 2 aromatic rings. The van der Waals surface area contributed by atoms with Crippen LogP contribution < -0.4 is 5.73 Å². The van der Waals surface area contributed by atoms with Gasteiger partial charge in [0.1, 0.15) is 5.82 Å². The van der Waals surface area contributed by atoms with Gasteiger partial charge >= 0.3 is 0 Å². The Hall–Kier alpha value is -1.67. The smallest absolute Gasteiger partial charge is 0.128 e. The van der Waals surface area contributed by atoms with Gasteiger partial charge in [-0.15, -0.1) is 0 Å². The van der Waals surface area contributed by atoms with E-state index in [1.807, 2.05) is 30.3 Å². The van der Waals surface area contributed by atoms with Gasteiger partial charge in [-0.3, -0.25) is 0 Å². The van der Waals surface area contributed by atoms with E-state index in [1.165, 1.54) is 6.07 Å². The average molecular weight is 199 g/mol. The van der Waals surface area contributed by atoms with Gasteiger partial charge in [0.15, 0.2) is 0 Å². The summed E-state index contributed by atoms with van der Waals surface area (Å²) in [5, 5.41) is 0. The predicted molar refractivity (Wildman–Crippen MR) is 57.9 cm³/mol. The molecule has 0 aromatic heterocycles.